The van der Waals surface area contributed by atoms with Crippen molar-refractivity contribution in [2.75, 3.05) is 20.3 Å². The van der Waals surface area contributed by atoms with Gasteiger partial charge in [0, 0.05) is 17.2 Å². The summed E-state index contributed by atoms with van der Waals surface area (Å²) < 4.78 is 35.1. The SMILES string of the molecule is COc1cccc(OCCOc2ccccc2/C=C2/N=C(c3ccc(F)cc3)OC2=O)c1. The monoisotopic (exact) mass is 433 g/mol. The molecule has 0 spiro atoms. The minimum absolute atomic E-state index is 0.131. The Morgan fingerprint density at radius 2 is 1.69 bits per heavy atom. The van der Waals surface area contributed by atoms with E-state index in [2.05, 4.69) is 4.99 Å². The van der Waals surface area contributed by atoms with Gasteiger partial charge in [-0.2, -0.15) is 0 Å². The predicted octanol–water partition coefficient (Wildman–Crippen LogP) is 4.64. The van der Waals surface area contributed by atoms with E-state index in [0.29, 0.717) is 41.6 Å². The van der Waals surface area contributed by atoms with Gasteiger partial charge < -0.3 is 18.9 Å². The number of carbonyl (C=O) groups excluding carboxylic acids is 1. The molecule has 4 rings (SSSR count). The Balaban J connectivity index is 1.43. The van der Waals surface area contributed by atoms with Crippen LogP contribution in [-0.4, -0.2) is 32.2 Å². The largest absolute Gasteiger partial charge is 0.497 e. The molecule has 0 radical (unpaired) electrons. The second-order valence-corrected chi connectivity index (χ2v) is 6.76. The summed E-state index contributed by atoms with van der Waals surface area (Å²) in [7, 11) is 1.60. The van der Waals surface area contributed by atoms with Crippen molar-refractivity contribution in [2.45, 2.75) is 0 Å². The Hall–Kier alpha value is -4.13. The highest BCUT2D eigenvalue weighted by atomic mass is 19.1. The maximum atomic E-state index is 13.1. The molecule has 0 N–H and O–H groups in total. The van der Waals surface area contributed by atoms with Crippen LogP contribution in [0.2, 0.25) is 0 Å². The summed E-state index contributed by atoms with van der Waals surface area (Å²) in [4.78, 5) is 16.5. The van der Waals surface area contributed by atoms with Crippen molar-refractivity contribution in [3.05, 3.63) is 95.4 Å². The van der Waals surface area contributed by atoms with E-state index in [1.54, 1.807) is 25.3 Å². The fourth-order valence-corrected chi connectivity index (χ4v) is 3.01. The van der Waals surface area contributed by atoms with E-state index >= 15 is 0 Å². The number of cyclic esters (lactones) is 1. The normalized spacial score (nSPS) is 14.1. The first-order chi connectivity index (χ1) is 15.6. The molecular formula is C25H20FNO5. The van der Waals surface area contributed by atoms with E-state index < -0.39 is 5.97 Å². The lowest BCUT2D eigenvalue weighted by molar-refractivity contribution is -0.129. The van der Waals surface area contributed by atoms with Crippen molar-refractivity contribution in [3.8, 4) is 17.2 Å². The van der Waals surface area contributed by atoms with Gasteiger partial charge in [0.15, 0.2) is 5.70 Å². The van der Waals surface area contributed by atoms with Crippen molar-refractivity contribution < 1.29 is 28.1 Å². The van der Waals surface area contributed by atoms with Crippen LogP contribution in [0.3, 0.4) is 0 Å². The molecule has 6 nitrogen and oxygen atoms in total. The van der Waals surface area contributed by atoms with E-state index in [-0.39, 0.29) is 17.4 Å². The number of nitrogens with zero attached hydrogens (tertiary/aromatic N) is 1. The topological polar surface area (TPSA) is 66.3 Å². The highest BCUT2D eigenvalue weighted by Crippen LogP contribution is 2.25. The number of para-hydroxylation sites is 1. The van der Waals surface area contributed by atoms with E-state index in [1.807, 2.05) is 36.4 Å². The Kier molecular flexibility index (Phi) is 6.46. The lowest BCUT2D eigenvalue weighted by atomic mass is 10.1. The van der Waals surface area contributed by atoms with Crippen molar-refractivity contribution >= 4 is 17.9 Å². The lowest BCUT2D eigenvalue weighted by Gasteiger charge is -2.11. The summed E-state index contributed by atoms with van der Waals surface area (Å²) in [6.07, 6.45) is 1.59. The van der Waals surface area contributed by atoms with Crippen LogP contribution >= 0.6 is 0 Å². The van der Waals surface area contributed by atoms with Crippen LogP contribution in [0.5, 0.6) is 17.2 Å². The molecule has 3 aromatic rings. The van der Waals surface area contributed by atoms with Crippen LogP contribution in [0.15, 0.2) is 83.5 Å². The van der Waals surface area contributed by atoms with Gasteiger partial charge in [0.2, 0.25) is 5.90 Å². The Labute approximate surface area is 184 Å². The number of esters is 1. The van der Waals surface area contributed by atoms with Gasteiger partial charge in [-0.05, 0) is 48.5 Å². The standard InChI is InChI=1S/C25H20FNO5/c1-29-20-6-4-7-21(16-20)30-13-14-31-23-8-3-2-5-18(23)15-22-25(28)32-24(27-22)17-9-11-19(26)12-10-17/h2-12,15-16H,13-14H2,1H3/b22-15+. The number of aliphatic imine (C=N–C) groups is 1. The fraction of sp³-hybridized carbons (Fsp3) is 0.120. The summed E-state index contributed by atoms with van der Waals surface area (Å²) in [6.45, 7) is 0.624. The molecular weight excluding hydrogens is 413 g/mol. The number of halogens is 1. The van der Waals surface area contributed by atoms with Crippen LogP contribution in [0.1, 0.15) is 11.1 Å². The third kappa shape index (κ3) is 5.13. The predicted molar refractivity (Wildman–Crippen MR) is 117 cm³/mol. The maximum Gasteiger partial charge on any atom is 0.363 e. The van der Waals surface area contributed by atoms with Gasteiger partial charge in [0.1, 0.15) is 36.3 Å². The number of benzene rings is 3. The molecule has 1 aliphatic rings. The minimum Gasteiger partial charge on any atom is -0.497 e. The zero-order valence-electron chi connectivity index (χ0n) is 17.3. The Bertz CT molecular complexity index is 1170. The molecule has 0 fully saturated rings. The van der Waals surface area contributed by atoms with Gasteiger partial charge in [-0.15, -0.1) is 0 Å². The summed E-state index contributed by atoms with van der Waals surface area (Å²) in [5, 5.41) is 0. The third-order valence-electron chi connectivity index (χ3n) is 4.57. The number of methoxy groups -OCH3 is 1. The first-order valence-electron chi connectivity index (χ1n) is 9.89. The van der Waals surface area contributed by atoms with Gasteiger partial charge in [-0.3, -0.25) is 0 Å². The zero-order chi connectivity index (χ0) is 22.3. The summed E-state index contributed by atoms with van der Waals surface area (Å²) >= 11 is 0. The molecule has 0 saturated heterocycles. The van der Waals surface area contributed by atoms with Crippen LogP contribution in [-0.2, 0) is 9.53 Å². The average Bonchev–Trinajstić information content (AvgIpc) is 3.18. The molecule has 0 amide bonds. The van der Waals surface area contributed by atoms with Crippen LogP contribution in [0, 0.1) is 5.82 Å². The second kappa shape index (κ2) is 9.78. The third-order valence-corrected chi connectivity index (χ3v) is 4.57. The van der Waals surface area contributed by atoms with Crippen molar-refractivity contribution in [1.29, 1.82) is 0 Å². The molecule has 0 bridgehead atoms. The Morgan fingerprint density at radius 3 is 2.50 bits per heavy atom. The molecule has 3 aromatic carbocycles. The molecule has 0 saturated carbocycles. The van der Waals surface area contributed by atoms with Crippen LogP contribution in [0.4, 0.5) is 4.39 Å². The van der Waals surface area contributed by atoms with E-state index in [4.69, 9.17) is 18.9 Å². The first kappa shape index (κ1) is 21.1. The van der Waals surface area contributed by atoms with Crippen LogP contribution in [0.25, 0.3) is 6.08 Å². The number of ether oxygens (including phenoxy) is 4. The lowest BCUT2D eigenvalue weighted by Crippen LogP contribution is -2.09. The van der Waals surface area contributed by atoms with Gasteiger partial charge in [0.25, 0.3) is 0 Å². The average molecular weight is 433 g/mol. The molecule has 162 valence electrons. The molecule has 0 atom stereocenters. The molecule has 0 aliphatic carbocycles. The number of hydrogen-bond donors (Lipinski definition) is 0. The molecule has 0 aromatic heterocycles. The van der Waals surface area contributed by atoms with Crippen LogP contribution < -0.4 is 14.2 Å². The van der Waals surface area contributed by atoms with Crippen molar-refractivity contribution in [1.82, 2.24) is 0 Å². The van der Waals surface area contributed by atoms with E-state index in [0.717, 1.165) is 0 Å². The molecule has 1 aliphatic heterocycles. The minimum atomic E-state index is -0.583. The smallest absolute Gasteiger partial charge is 0.363 e. The van der Waals surface area contributed by atoms with E-state index in [9.17, 15) is 9.18 Å². The van der Waals surface area contributed by atoms with Crippen molar-refractivity contribution in [3.63, 3.8) is 0 Å². The first-order valence-corrected chi connectivity index (χ1v) is 9.89. The highest BCUT2D eigenvalue weighted by molar-refractivity contribution is 6.12. The molecule has 32 heavy (non-hydrogen) atoms. The quantitative estimate of drug-likeness (QED) is 0.294. The van der Waals surface area contributed by atoms with E-state index in [1.165, 1.54) is 24.3 Å². The summed E-state index contributed by atoms with van der Waals surface area (Å²) in [5.41, 5.74) is 1.32. The summed E-state index contributed by atoms with van der Waals surface area (Å²) in [5.74, 6) is 1.14. The molecule has 0 unspecified atom stereocenters. The second-order valence-electron chi connectivity index (χ2n) is 6.76. The van der Waals surface area contributed by atoms with Crippen molar-refractivity contribution in [2.24, 2.45) is 4.99 Å². The summed E-state index contributed by atoms with van der Waals surface area (Å²) in [6, 6.07) is 20.2. The maximum absolute atomic E-state index is 13.1. The highest BCUT2D eigenvalue weighted by Gasteiger charge is 2.24. The zero-order valence-corrected chi connectivity index (χ0v) is 17.3. The number of rotatable bonds is 8. The fourth-order valence-electron chi connectivity index (χ4n) is 3.01. The Morgan fingerprint density at radius 1 is 0.938 bits per heavy atom. The number of carbonyl (C=O) groups is 1. The van der Waals surface area contributed by atoms with Gasteiger partial charge in [0.05, 0.1) is 7.11 Å². The van der Waals surface area contributed by atoms with Gasteiger partial charge in [-0.25, -0.2) is 14.2 Å². The number of hydrogen-bond acceptors (Lipinski definition) is 6. The molecule has 1 heterocycles. The van der Waals surface area contributed by atoms with Gasteiger partial charge >= 0.3 is 5.97 Å². The molecule has 7 heteroatoms. The van der Waals surface area contributed by atoms with Gasteiger partial charge in [-0.1, -0.05) is 24.3 Å².